The van der Waals surface area contributed by atoms with Crippen LogP contribution in [-0.2, 0) is 12.0 Å². The monoisotopic (exact) mass is 601 g/mol. The second kappa shape index (κ2) is 13.1. The molecule has 8 heteroatoms. The molecule has 0 fully saturated rings. The van der Waals surface area contributed by atoms with Crippen molar-refractivity contribution in [2.24, 2.45) is 0 Å². The number of unbranched alkanes of at least 4 members (excludes halogenated alkanes) is 1. The Morgan fingerprint density at radius 3 is 2.05 bits per heavy atom. The number of carbonyl (C=O) groups excluding carboxylic acids is 1. The lowest BCUT2D eigenvalue weighted by Crippen LogP contribution is -2.40. The number of hydrogen-bond acceptors (Lipinski definition) is 3. The fraction of sp³-hybridized carbons (Fsp3) is 0.139. The summed E-state index contributed by atoms with van der Waals surface area (Å²) in [6.07, 6.45) is 7.22. The van der Waals surface area contributed by atoms with E-state index < -0.39 is 5.54 Å². The molecule has 220 valence electrons. The highest BCUT2D eigenvalue weighted by atomic mass is 32.1. The van der Waals surface area contributed by atoms with E-state index in [1.54, 1.807) is 12.1 Å². The van der Waals surface area contributed by atoms with Crippen molar-refractivity contribution in [2.75, 3.05) is 0 Å². The molecule has 3 N–H and O–H groups in total. The first-order chi connectivity index (χ1) is 21.5. The number of aryl methyl sites for hydroxylation is 1. The van der Waals surface area contributed by atoms with E-state index in [1.165, 1.54) is 12.1 Å². The summed E-state index contributed by atoms with van der Waals surface area (Å²) in [4.78, 5) is 20.9. The zero-order chi connectivity index (χ0) is 30.4. The standard InChI is InChI=1S/C36H32FN5OS/c37-30-20-21-32-26(22-30)23-33(39-32)35(43)41-40-34(44)19-11-10-18-31-24-42(25-38-31)36(27-12-4-1-5-13-27,28-14-6-2-7-15-28)29-16-8-3-9-17-29/h1-9,12-17,20-25,39H,10-11,18-19H2,(H,40,44)(H,41,43). The van der Waals surface area contributed by atoms with Gasteiger partial charge in [0, 0.05) is 17.1 Å². The van der Waals surface area contributed by atoms with Crippen LogP contribution in [0.2, 0.25) is 0 Å². The minimum absolute atomic E-state index is 0.328. The molecule has 6 nitrogen and oxygen atoms in total. The van der Waals surface area contributed by atoms with Gasteiger partial charge in [-0.25, -0.2) is 9.37 Å². The van der Waals surface area contributed by atoms with Crippen LogP contribution in [0.1, 0.15) is 52.1 Å². The van der Waals surface area contributed by atoms with Gasteiger partial charge in [-0.2, -0.15) is 0 Å². The molecule has 44 heavy (non-hydrogen) atoms. The van der Waals surface area contributed by atoms with Gasteiger partial charge >= 0.3 is 0 Å². The first-order valence-corrected chi connectivity index (χ1v) is 15.0. The minimum Gasteiger partial charge on any atom is -0.350 e. The molecule has 0 bridgehead atoms. The zero-order valence-electron chi connectivity index (χ0n) is 24.0. The quantitative estimate of drug-likeness (QED) is 0.0666. The number of aromatic amines is 1. The van der Waals surface area contributed by atoms with Crippen LogP contribution in [0.5, 0.6) is 0 Å². The Kier molecular flexibility index (Phi) is 8.61. The molecule has 0 spiro atoms. The van der Waals surface area contributed by atoms with Gasteiger partial charge in [-0.1, -0.05) is 103 Å². The highest BCUT2D eigenvalue weighted by Crippen LogP contribution is 2.40. The molecule has 0 unspecified atom stereocenters. The van der Waals surface area contributed by atoms with Gasteiger partial charge in [0.25, 0.3) is 5.91 Å². The Labute approximate surface area is 260 Å². The summed E-state index contributed by atoms with van der Waals surface area (Å²) in [5, 5.41) is 0.633. The lowest BCUT2D eigenvalue weighted by atomic mass is 9.77. The van der Waals surface area contributed by atoms with Gasteiger partial charge < -0.3 is 9.55 Å². The average Bonchev–Trinajstić information content (AvgIpc) is 3.71. The van der Waals surface area contributed by atoms with Gasteiger partial charge in [-0.3, -0.25) is 15.6 Å². The number of nitrogens with zero attached hydrogens (tertiary/aromatic N) is 2. The molecule has 4 aromatic carbocycles. The van der Waals surface area contributed by atoms with Crippen molar-refractivity contribution in [3.05, 3.63) is 162 Å². The number of rotatable bonds is 10. The molecule has 0 aliphatic heterocycles. The summed E-state index contributed by atoms with van der Waals surface area (Å²) in [5.74, 6) is -0.717. The van der Waals surface area contributed by atoms with Crippen LogP contribution in [0.25, 0.3) is 10.9 Å². The molecule has 6 aromatic rings. The maximum absolute atomic E-state index is 13.5. The molecular formula is C36H32FN5OS. The number of halogens is 1. The summed E-state index contributed by atoms with van der Waals surface area (Å²) in [6.45, 7) is 0. The summed E-state index contributed by atoms with van der Waals surface area (Å²) >= 11 is 5.44. The number of nitrogens with one attached hydrogen (secondary N) is 3. The number of fused-ring (bicyclic) bond motifs is 1. The molecular weight excluding hydrogens is 569 g/mol. The van der Waals surface area contributed by atoms with Gasteiger partial charge in [0.05, 0.1) is 17.0 Å². The zero-order valence-corrected chi connectivity index (χ0v) is 24.9. The molecule has 0 aliphatic rings. The van der Waals surface area contributed by atoms with Crippen molar-refractivity contribution in [2.45, 2.75) is 31.2 Å². The second-order valence-electron chi connectivity index (χ2n) is 10.7. The number of thiocarbonyl (C=S) groups is 1. The molecule has 0 atom stereocenters. The average molecular weight is 602 g/mol. The van der Waals surface area contributed by atoms with Gasteiger partial charge in [-0.05, 0) is 66.6 Å². The maximum Gasteiger partial charge on any atom is 0.286 e. The highest BCUT2D eigenvalue weighted by Gasteiger charge is 2.38. The number of hydrazine groups is 1. The number of imidazole rings is 1. The molecule has 6 rings (SSSR count). The van der Waals surface area contributed by atoms with Gasteiger partial charge in [0.2, 0.25) is 0 Å². The van der Waals surface area contributed by atoms with Crippen molar-refractivity contribution in [1.82, 2.24) is 25.4 Å². The number of benzene rings is 4. The van der Waals surface area contributed by atoms with Crippen molar-refractivity contribution in [1.29, 1.82) is 0 Å². The Bertz CT molecular complexity index is 1770. The molecule has 0 radical (unpaired) electrons. The minimum atomic E-state index is -0.585. The van der Waals surface area contributed by atoms with E-state index in [-0.39, 0.29) is 11.7 Å². The number of carbonyl (C=O) groups is 1. The summed E-state index contributed by atoms with van der Waals surface area (Å²) in [5.41, 5.74) is 10.3. The first kappa shape index (κ1) is 29.0. The maximum atomic E-state index is 13.5. The van der Waals surface area contributed by atoms with Crippen LogP contribution in [-0.4, -0.2) is 25.4 Å². The summed E-state index contributed by atoms with van der Waals surface area (Å²) in [6, 6.07) is 37.6. The van der Waals surface area contributed by atoms with Crippen molar-refractivity contribution < 1.29 is 9.18 Å². The van der Waals surface area contributed by atoms with Crippen LogP contribution < -0.4 is 10.9 Å². The fourth-order valence-corrected chi connectivity index (χ4v) is 5.93. The number of amides is 1. The van der Waals surface area contributed by atoms with E-state index in [0.29, 0.717) is 28.0 Å². The van der Waals surface area contributed by atoms with E-state index in [9.17, 15) is 9.18 Å². The van der Waals surface area contributed by atoms with E-state index in [2.05, 4.69) is 99.4 Å². The third kappa shape index (κ3) is 6.02. The van der Waals surface area contributed by atoms with Crippen LogP contribution in [0.15, 0.2) is 128 Å². The van der Waals surface area contributed by atoms with Gasteiger partial charge in [-0.15, -0.1) is 0 Å². The molecule has 2 heterocycles. The Hall–Kier alpha value is -5.08. The molecule has 0 aliphatic carbocycles. The first-order valence-electron chi connectivity index (χ1n) is 14.6. The lowest BCUT2D eigenvalue weighted by molar-refractivity contribution is 0.0939. The number of aromatic nitrogens is 3. The molecule has 0 saturated heterocycles. The van der Waals surface area contributed by atoms with E-state index in [4.69, 9.17) is 17.2 Å². The fourth-order valence-electron chi connectivity index (χ4n) is 5.74. The van der Waals surface area contributed by atoms with Crippen LogP contribution in [0.3, 0.4) is 0 Å². The van der Waals surface area contributed by atoms with Crippen LogP contribution in [0.4, 0.5) is 4.39 Å². The van der Waals surface area contributed by atoms with Crippen LogP contribution >= 0.6 is 12.2 Å². The Morgan fingerprint density at radius 1 is 0.818 bits per heavy atom. The van der Waals surface area contributed by atoms with E-state index >= 15 is 0 Å². The van der Waals surface area contributed by atoms with Crippen LogP contribution in [0, 0.1) is 5.82 Å². The topological polar surface area (TPSA) is 74.7 Å². The third-order valence-corrected chi connectivity index (χ3v) is 8.13. The SMILES string of the molecule is O=C(NNC(=S)CCCCc1cn(C(c2ccccc2)(c2ccccc2)c2ccccc2)cn1)c1cc2cc(F)ccc2[nH]1. The normalized spacial score (nSPS) is 11.4. The van der Waals surface area contributed by atoms with Crippen molar-refractivity contribution in [3.8, 4) is 0 Å². The second-order valence-corrected chi connectivity index (χ2v) is 11.2. The Balaban J connectivity index is 1.10. The van der Waals surface area contributed by atoms with Gasteiger partial charge in [0.1, 0.15) is 17.1 Å². The lowest BCUT2D eigenvalue weighted by Gasteiger charge is -2.37. The number of H-pyrrole nitrogens is 1. The summed E-state index contributed by atoms with van der Waals surface area (Å²) in [7, 11) is 0. The predicted molar refractivity (Wildman–Crippen MR) is 176 cm³/mol. The third-order valence-electron chi connectivity index (χ3n) is 7.83. The number of hydrogen-bond donors (Lipinski definition) is 3. The van der Waals surface area contributed by atoms with Gasteiger partial charge in [0.15, 0.2) is 0 Å². The molecule has 0 saturated carbocycles. The van der Waals surface area contributed by atoms with E-state index in [0.717, 1.165) is 41.6 Å². The summed E-state index contributed by atoms with van der Waals surface area (Å²) < 4.78 is 15.7. The van der Waals surface area contributed by atoms with Crippen molar-refractivity contribution in [3.63, 3.8) is 0 Å². The van der Waals surface area contributed by atoms with Crippen molar-refractivity contribution >= 4 is 34.0 Å². The molecule has 2 aromatic heterocycles. The largest absolute Gasteiger partial charge is 0.350 e. The highest BCUT2D eigenvalue weighted by molar-refractivity contribution is 7.80. The Morgan fingerprint density at radius 2 is 1.43 bits per heavy atom. The predicted octanol–water partition coefficient (Wildman–Crippen LogP) is 7.32. The van der Waals surface area contributed by atoms with E-state index in [1.807, 2.05) is 24.5 Å². The smallest absolute Gasteiger partial charge is 0.286 e. The molecule has 1 amide bonds.